The average Bonchev–Trinajstić information content (AvgIpc) is 2.40. The summed E-state index contributed by atoms with van der Waals surface area (Å²) in [5, 5.41) is 12.0. The minimum Gasteiger partial charge on any atom is -0.468 e. The van der Waals surface area contributed by atoms with Gasteiger partial charge in [-0.1, -0.05) is 29.8 Å². The van der Waals surface area contributed by atoms with E-state index in [0.29, 0.717) is 6.54 Å². The van der Waals surface area contributed by atoms with Gasteiger partial charge in [-0.2, -0.15) is 0 Å². The maximum absolute atomic E-state index is 11.2. The number of hydrogen-bond acceptors (Lipinski definition) is 4. The zero-order valence-electron chi connectivity index (χ0n) is 11.4. The van der Waals surface area contributed by atoms with Crippen molar-refractivity contribution in [1.82, 2.24) is 5.32 Å². The fourth-order valence-electron chi connectivity index (χ4n) is 1.69. The van der Waals surface area contributed by atoms with Crippen molar-refractivity contribution in [2.24, 2.45) is 0 Å². The van der Waals surface area contributed by atoms with Crippen LogP contribution in [0.2, 0.25) is 0 Å². The molecule has 0 saturated carbocycles. The number of carbonyl (C=O) groups is 1. The van der Waals surface area contributed by atoms with Crippen molar-refractivity contribution in [3.05, 3.63) is 35.4 Å². The van der Waals surface area contributed by atoms with Crippen molar-refractivity contribution in [3.63, 3.8) is 0 Å². The summed E-state index contributed by atoms with van der Waals surface area (Å²) < 4.78 is 4.57. The van der Waals surface area contributed by atoms with Gasteiger partial charge in [0, 0.05) is 0 Å². The summed E-state index contributed by atoms with van der Waals surface area (Å²) in [5.41, 5.74) is 2.53. The molecule has 0 aliphatic carbocycles. The van der Waals surface area contributed by atoms with Crippen LogP contribution in [0.1, 0.15) is 17.5 Å². The molecule has 1 aromatic carbocycles. The molecule has 0 aliphatic heterocycles. The Labute approximate surface area is 120 Å². The topological polar surface area (TPSA) is 58.6 Å². The van der Waals surface area contributed by atoms with E-state index in [1.165, 1.54) is 18.2 Å². The molecule has 0 heterocycles. The minimum atomic E-state index is -0.618. The number of carbonyl (C=O) groups excluding carboxylic acids is 1. The third-order valence-corrected chi connectivity index (χ3v) is 2.82. The van der Waals surface area contributed by atoms with Crippen LogP contribution >= 0.6 is 12.4 Å². The van der Waals surface area contributed by atoms with E-state index < -0.39 is 12.0 Å². The van der Waals surface area contributed by atoms with Crippen molar-refractivity contribution in [3.8, 4) is 0 Å². The molecule has 0 radical (unpaired) electrons. The summed E-state index contributed by atoms with van der Waals surface area (Å²) in [7, 11) is 1.32. The lowest BCUT2D eigenvalue weighted by molar-refractivity contribution is -0.144. The number of halogens is 1. The highest BCUT2D eigenvalue weighted by Crippen LogP contribution is 2.05. The van der Waals surface area contributed by atoms with Gasteiger partial charge in [-0.05, 0) is 31.9 Å². The quantitative estimate of drug-likeness (QED) is 0.589. The first kappa shape index (κ1) is 17.9. The Hall–Kier alpha value is -1.10. The van der Waals surface area contributed by atoms with Crippen LogP contribution in [0, 0.1) is 6.92 Å². The highest BCUT2D eigenvalue weighted by molar-refractivity contribution is 5.85. The number of ether oxygens (including phenoxy) is 1. The van der Waals surface area contributed by atoms with Gasteiger partial charge in [0.05, 0.1) is 13.7 Å². The van der Waals surface area contributed by atoms with Crippen LogP contribution in [0.3, 0.4) is 0 Å². The number of aliphatic hydroxyl groups excluding tert-OH is 1. The van der Waals surface area contributed by atoms with E-state index in [1.807, 2.05) is 0 Å². The highest BCUT2D eigenvalue weighted by Gasteiger charge is 2.16. The number of benzene rings is 1. The van der Waals surface area contributed by atoms with Gasteiger partial charge in [0.1, 0.15) is 6.04 Å². The lowest BCUT2D eigenvalue weighted by Gasteiger charge is -2.13. The molecule has 5 heteroatoms. The number of esters is 1. The molecule has 1 aromatic rings. The average molecular weight is 288 g/mol. The Morgan fingerprint density at radius 1 is 1.37 bits per heavy atom. The van der Waals surface area contributed by atoms with Crippen molar-refractivity contribution in [1.29, 1.82) is 0 Å². The predicted molar refractivity (Wildman–Crippen MR) is 77.6 cm³/mol. The summed E-state index contributed by atoms with van der Waals surface area (Å²) in [5.74, 6) is -0.423. The van der Waals surface area contributed by atoms with E-state index in [0.717, 1.165) is 12.8 Å². The number of hydrogen-bond donors (Lipinski definition) is 2. The first-order valence-corrected chi connectivity index (χ1v) is 6.15. The smallest absolute Gasteiger partial charge is 0.325 e. The molecule has 1 unspecified atom stereocenters. The fourth-order valence-corrected chi connectivity index (χ4v) is 1.69. The van der Waals surface area contributed by atoms with Crippen LogP contribution in [0.5, 0.6) is 0 Å². The molecule has 0 amide bonds. The van der Waals surface area contributed by atoms with E-state index >= 15 is 0 Å². The third-order valence-electron chi connectivity index (χ3n) is 2.82. The normalized spacial score (nSPS) is 11.5. The number of aryl methyl sites for hydroxylation is 2. The van der Waals surface area contributed by atoms with Crippen molar-refractivity contribution < 1.29 is 14.6 Å². The van der Waals surface area contributed by atoms with Gasteiger partial charge in [-0.25, -0.2) is 0 Å². The molecule has 1 rings (SSSR count). The Morgan fingerprint density at radius 3 is 2.53 bits per heavy atom. The van der Waals surface area contributed by atoms with Gasteiger partial charge in [-0.3, -0.25) is 4.79 Å². The molecule has 0 aromatic heterocycles. The lowest BCUT2D eigenvalue weighted by Crippen LogP contribution is -2.41. The van der Waals surface area contributed by atoms with Crippen LogP contribution in [-0.2, 0) is 16.0 Å². The van der Waals surface area contributed by atoms with Crippen LogP contribution in [0.4, 0.5) is 0 Å². The zero-order chi connectivity index (χ0) is 13.4. The second-order valence-corrected chi connectivity index (χ2v) is 4.30. The van der Waals surface area contributed by atoms with E-state index in [9.17, 15) is 4.79 Å². The fraction of sp³-hybridized carbons (Fsp3) is 0.500. The predicted octanol–water partition coefficient (Wildman–Crippen LogP) is 1.47. The van der Waals surface area contributed by atoms with E-state index in [4.69, 9.17) is 5.11 Å². The Kier molecular flexibility index (Phi) is 9.21. The molecule has 108 valence electrons. The molecule has 19 heavy (non-hydrogen) atoms. The number of rotatable bonds is 7. The largest absolute Gasteiger partial charge is 0.468 e. The molecule has 0 spiro atoms. The van der Waals surface area contributed by atoms with Crippen molar-refractivity contribution in [2.45, 2.75) is 25.8 Å². The van der Waals surface area contributed by atoms with E-state index in [-0.39, 0.29) is 19.0 Å². The maximum Gasteiger partial charge on any atom is 0.325 e. The monoisotopic (exact) mass is 287 g/mol. The van der Waals surface area contributed by atoms with Gasteiger partial charge in [-0.15, -0.1) is 12.4 Å². The maximum atomic E-state index is 11.2. The van der Waals surface area contributed by atoms with Crippen molar-refractivity contribution in [2.75, 3.05) is 20.3 Å². The molecular weight excluding hydrogens is 266 g/mol. The van der Waals surface area contributed by atoms with Gasteiger partial charge < -0.3 is 15.2 Å². The standard InChI is InChI=1S/C14H21NO3.ClH/c1-11-5-7-12(8-6-11)4-3-9-15-13(10-16)14(17)18-2;/h5-8,13,15-16H,3-4,9-10H2,1-2H3;1H. The van der Waals surface area contributed by atoms with Crippen molar-refractivity contribution >= 4 is 18.4 Å². The van der Waals surface area contributed by atoms with Gasteiger partial charge in [0.15, 0.2) is 0 Å². The summed E-state index contributed by atoms with van der Waals surface area (Å²) >= 11 is 0. The van der Waals surface area contributed by atoms with Gasteiger partial charge in [0.2, 0.25) is 0 Å². The molecule has 0 fully saturated rings. The second-order valence-electron chi connectivity index (χ2n) is 4.30. The van der Waals surface area contributed by atoms with E-state index in [1.54, 1.807) is 0 Å². The van der Waals surface area contributed by atoms with Gasteiger partial charge >= 0.3 is 5.97 Å². The third kappa shape index (κ3) is 6.57. The zero-order valence-corrected chi connectivity index (χ0v) is 12.2. The van der Waals surface area contributed by atoms with Crippen LogP contribution in [-0.4, -0.2) is 37.4 Å². The number of methoxy groups -OCH3 is 1. The SMILES string of the molecule is COC(=O)C(CO)NCCCc1ccc(C)cc1.Cl. The van der Waals surface area contributed by atoms with E-state index in [2.05, 4.69) is 41.2 Å². The molecule has 0 saturated heterocycles. The first-order valence-electron chi connectivity index (χ1n) is 6.15. The van der Waals surface area contributed by atoms with Crippen LogP contribution in [0.15, 0.2) is 24.3 Å². The van der Waals surface area contributed by atoms with Crippen LogP contribution in [0.25, 0.3) is 0 Å². The number of nitrogens with one attached hydrogen (secondary N) is 1. The second kappa shape index (κ2) is 9.78. The van der Waals surface area contributed by atoms with Gasteiger partial charge in [0.25, 0.3) is 0 Å². The Bertz CT molecular complexity index is 367. The Morgan fingerprint density at radius 2 is 2.00 bits per heavy atom. The molecule has 0 bridgehead atoms. The minimum absolute atomic E-state index is 0. The van der Waals surface area contributed by atoms with Crippen LogP contribution < -0.4 is 5.32 Å². The summed E-state index contributed by atoms with van der Waals surface area (Å²) in [4.78, 5) is 11.2. The Balaban J connectivity index is 0.00000324. The lowest BCUT2D eigenvalue weighted by atomic mass is 10.1. The molecule has 0 aliphatic rings. The summed E-state index contributed by atoms with van der Waals surface area (Å²) in [6.45, 7) is 2.50. The number of aliphatic hydroxyl groups is 1. The molecule has 1 atom stereocenters. The molecule has 4 nitrogen and oxygen atoms in total. The summed E-state index contributed by atoms with van der Waals surface area (Å²) in [6.07, 6.45) is 1.86. The first-order chi connectivity index (χ1) is 8.67. The highest BCUT2D eigenvalue weighted by atomic mass is 35.5. The summed E-state index contributed by atoms with van der Waals surface area (Å²) in [6, 6.07) is 7.79. The molecular formula is C14H22ClNO3. The molecule has 2 N–H and O–H groups in total.